The van der Waals surface area contributed by atoms with Crippen LogP contribution in [0.25, 0.3) is 0 Å². The Labute approximate surface area is 138 Å². The van der Waals surface area contributed by atoms with Crippen LogP contribution in [0.4, 0.5) is 0 Å². The molecule has 1 aliphatic rings. The number of hydrogen-bond acceptors (Lipinski definition) is 5. The van der Waals surface area contributed by atoms with Gasteiger partial charge in [0.25, 0.3) is 0 Å². The largest absolute Gasteiger partial charge is 0.382 e. The first-order chi connectivity index (χ1) is 10.5. The summed E-state index contributed by atoms with van der Waals surface area (Å²) in [6.07, 6.45) is 3.02. The summed E-state index contributed by atoms with van der Waals surface area (Å²) in [5, 5.41) is 8.54. The fourth-order valence-electron chi connectivity index (χ4n) is 3.09. The molecule has 0 radical (unpaired) electrons. The zero-order chi connectivity index (χ0) is 16.5. The first-order valence-corrected chi connectivity index (χ1v) is 9.36. The molecule has 1 unspecified atom stereocenters. The van der Waals surface area contributed by atoms with Crippen molar-refractivity contribution in [2.24, 2.45) is 11.8 Å². The summed E-state index contributed by atoms with van der Waals surface area (Å²) in [6.45, 7) is 7.45. The lowest BCUT2D eigenvalue weighted by Crippen LogP contribution is -2.39. The second kappa shape index (κ2) is 10.2. The van der Waals surface area contributed by atoms with Gasteiger partial charge in [-0.1, -0.05) is 13.8 Å². The molecule has 0 spiro atoms. The molecule has 5 heteroatoms. The van der Waals surface area contributed by atoms with Gasteiger partial charge in [-0.15, -0.1) is 0 Å². The van der Waals surface area contributed by atoms with Crippen molar-refractivity contribution in [2.45, 2.75) is 58.1 Å². The Morgan fingerprint density at radius 3 is 2.50 bits per heavy atom. The molecule has 1 aliphatic carbocycles. The molecule has 4 nitrogen and oxygen atoms in total. The fraction of sp³-hybridized carbons (Fsp3) is 0.824. The van der Waals surface area contributed by atoms with Crippen molar-refractivity contribution in [3.05, 3.63) is 0 Å². The highest BCUT2D eigenvalue weighted by molar-refractivity contribution is 7.99. The first kappa shape index (κ1) is 19.4. The van der Waals surface area contributed by atoms with E-state index in [0.29, 0.717) is 44.1 Å². The summed E-state index contributed by atoms with van der Waals surface area (Å²) in [4.78, 5) is 24.6. The van der Waals surface area contributed by atoms with Crippen LogP contribution in [0.5, 0.6) is 0 Å². The van der Waals surface area contributed by atoms with E-state index in [-0.39, 0.29) is 23.2 Å². The van der Waals surface area contributed by atoms with Gasteiger partial charge < -0.3 is 10.1 Å². The smallest absolute Gasteiger partial charge is 0.149 e. The van der Waals surface area contributed by atoms with Crippen LogP contribution in [0.15, 0.2) is 0 Å². The van der Waals surface area contributed by atoms with E-state index in [4.69, 9.17) is 10.1 Å². The van der Waals surface area contributed by atoms with Crippen LogP contribution in [-0.4, -0.2) is 41.5 Å². The van der Waals surface area contributed by atoms with Crippen molar-refractivity contribution in [3.8, 4) is 0 Å². The maximum absolute atomic E-state index is 12.3. The highest BCUT2D eigenvalue weighted by atomic mass is 32.2. The van der Waals surface area contributed by atoms with E-state index in [1.54, 1.807) is 0 Å². The van der Waals surface area contributed by atoms with E-state index in [2.05, 4.69) is 13.8 Å². The summed E-state index contributed by atoms with van der Waals surface area (Å²) in [5.41, 5.74) is 0.282. The summed E-state index contributed by atoms with van der Waals surface area (Å²) < 4.78 is 5.24. The van der Waals surface area contributed by atoms with E-state index in [1.165, 1.54) is 0 Å². The molecule has 0 aliphatic heterocycles. The number of rotatable bonds is 10. The number of hydrogen-bond donors (Lipinski definition) is 1. The molecular weight excluding hydrogens is 298 g/mol. The van der Waals surface area contributed by atoms with Gasteiger partial charge in [0.15, 0.2) is 0 Å². The van der Waals surface area contributed by atoms with Gasteiger partial charge in [-0.05, 0) is 37.9 Å². The molecule has 1 rings (SSSR count). The number of ether oxygens (including phenoxy) is 1. The molecule has 1 fully saturated rings. The number of carbonyl (C=O) groups excluding carboxylic acids is 2. The van der Waals surface area contributed by atoms with Gasteiger partial charge in [-0.25, -0.2) is 0 Å². The van der Waals surface area contributed by atoms with Gasteiger partial charge in [0, 0.05) is 37.0 Å². The maximum Gasteiger partial charge on any atom is 0.149 e. The van der Waals surface area contributed by atoms with Crippen molar-refractivity contribution in [2.75, 3.05) is 19.0 Å². The average molecular weight is 327 g/mol. The van der Waals surface area contributed by atoms with Gasteiger partial charge in [0.05, 0.1) is 0 Å². The zero-order valence-corrected chi connectivity index (χ0v) is 14.8. The summed E-state index contributed by atoms with van der Waals surface area (Å²) >= 11 is 1.87. The third-order valence-electron chi connectivity index (χ3n) is 4.03. The second-order valence-electron chi connectivity index (χ2n) is 5.97. The second-order valence-corrected chi connectivity index (χ2v) is 7.68. The van der Waals surface area contributed by atoms with Crippen LogP contribution in [0.3, 0.4) is 0 Å². The van der Waals surface area contributed by atoms with E-state index in [1.807, 2.05) is 18.7 Å². The van der Waals surface area contributed by atoms with E-state index < -0.39 is 5.92 Å². The maximum atomic E-state index is 12.3. The van der Waals surface area contributed by atoms with Crippen molar-refractivity contribution >= 4 is 29.0 Å². The Morgan fingerprint density at radius 2 is 1.95 bits per heavy atom. The number of Topliss-reactive ketones (excluding diaryl/α,β-unsaturated/α-hetero) is 2. The predicted molar refractivity (Wildman–Crippen MR) is 91.9 cm³/mol. The zero-order valence-electron chi connectivity index (χ0n) is 14.0. The van der Waals surface area contributed by atoms with Gasteiger partial charge in [-0.2, -0.15) is 11.8 Å². The Morgan fingerprint density at radius 1 is 1.32 bits per heavy atom. The number of thioether (sulfide) groups is 1. The molecule has 0 saturated heterocycles. The number of ketones is 2. The van der Waals surface area contributed by atoms with E-state index in [9.17, 15) is 9.59 Å². The Kier molecular flexibility index (Phi) is 8.95. The molecule has 1 N–H and O–H groups in total. The van der Waals surface area contributed by atoms with Gasteiger partial charge >= 0.3 is 0 Å². The summed E-state index contributed by atoms with van der Waals surface area (Å²) in [7, 11) is 0. The molecule has 22 heavy (non-hydrogen) atoms. The Hall–Kier alpha value is -0.680. The quantitative estimate of drug-likeness (QED) is 0.379. The van der Waals surface area contributed by atoms with Crippen molar-refractivity contribution < 1.29 is 14.3 Å². The van der Waals surface area contributed by atoms with Crippen molar-refractivity contribution in [3.63, 3.8) is 0 Å². The molecule has 0 aromatic heterocycles. The SMILES string of the molecule is CCOCCCC(=N)C1C(=O)CC(CC(C)SCC)CC1=O. The number of carbonyl (C=O) groups is 2. The number of nitrogens with one attached hydrogen (secondary N) is 1. The lowest BCUT2D eigenvalue weighted by atomic mass is 9.75. The van der Waals surface area contributed by atoms with Crippen LogP contribution in [0, 0.1) is 17.2 Å². The lowest BCUT2D eigenvalue weighted by Gasteiger charge is -2.28. The van der Waals surface area contributed by atoms with E-state index >= 15 is 0 Å². The molecule has 0 heterocycles. The topological polar surface area (TPSA) is 67.2 Å². The minimum absolute atomic E-state index is 0.0450. The molecule has 1 atom stereocenters. The molecule has 0 amide bonds. The minimum Gasteiger partial charge on any atom is -0.382 e. The molecule has 126 valence electrons. The van der Waals surface area contributed by atoms with Gasteiger partial charge in [0.2, 0.25) is 0 Å². The highest BCUT2D eigenvalue weighted by Gasteiger charge is 2.37. The van der Waals surface area contributed by atoms with Crippen molar-refractivity contribution in [1.29, 1.82) is 5.41 Å². The highest BCUT2D eigenvalue weighted by Crippen LogP contribution is 2.31. The third-order valence-corrected chi connectivity index (χ3v) is 5.12. The monoisotopic (exact) mass is 327 g/mol. The lowest BCUT2D eigenvalue weighted by molar-refractivity contribution is -0.134. The summed E-state index contributed by atoms with van der Waals surface area (Å²) in [5.74, 6) is 0.365. The molecule has 1 saturated carbocycles. The van der Waals surface area contributed by atoms with Crippen molar-refractivity contribution in [1.82, 2.24) is 0 Å². The molecular formula is C17H29NO3S. The van der Waals surface area contributed by atoms with Crippen LogP contribution < -0.4 is 0 Å². The predicted octanol–water partition coefficient (Wildman–Crippen LogP) is 3.52. The normalized spacial score (nSPS) is 23.6. The van der Waals surface area contributed by atoms with E-state index in [0.717, 1.165) is 12.2 Å². The van der Waals surface area contributed by atoms with Crippen LogP contribution in [-0.2, 0) is 14.3 Å². The summed E-state index contributed by atoms with van der Waals surface area (Å²) in [6, 6.07) is 0. The average Bonchev–Trinajstić information content (AvgIpc) is 2.43. The fourth-order valence-corrected chi connectivity index (χ4v) is 4.06. The van der Waals surface area contributed by atoms with Crippen LogP contribution in [0.2, 0.25) is 0 Å². The molecule has 0 bridgehead atoms. The van der Waals surface area contributed by atoms with Crippen LogP contribution >= 0.6 is 11.8 Å². The molecule has 0 aromatic carbocycles. The minimum atomic E-state index is -0.771. The standard InChI is InChI=1S/C17H29NO3S/c1-4-21-8-6-7-14(18)17-15(19)10-13(11-16(17)20)9-12(3)22-5-2/h12-13,17-18H,4-11H2,1-3H3. The van der Waals surface area contributed by atoms with Gasteiger partial charge in [-0.3, -0.25) is 9.59 Å². The first-order valence-electron chi connectivity index (χ1n) is 8.31. The third kappa shape index (κ3) is 6.21. The van der Waals surface area contributed by atoms with Crippen LogP contribution in [0.1, 0.15) is 52.9 Å². The molecule has 0 aromatic rings. The Balaban J connectivity index is 2.47. The Bertz CT molecular complexity index is 379. The van der Waals surface area contributed by atoms with Gasteiger partial charge in [0.1, 0.15) is 17.5 Å².